The standard InChI is InChI=1S/C22H23FN4O/c1-2-17-3-7-20(8-4-17)25-16-18(15-24)22(28)27-13-11-26(12-14-27)21-9-5-19(23)6-10-21/h3-10,16,25H,2,11-14H2,1H3/b18-16-. The molecule has 144 valence electrons. The van der Waals surface area contributed by atoms with Gasteiger partial charge >= 0.3 is 0 Å². The summed E-state index contributed by atoms with van der Waals surface area (Å²) >= 11 is 0. The van der Waals surface area contributed by atoms with Crippen molar-refractivity contribution in [1.29, 1.82) is 5.26 Å². The van der Waals surface area contributed by atoms with Gasteiger partial charge < -0.3 is 15.1 Å². The van der Waals surface area contributed by atoms with Crippen molar-refractivity contribution in [2.24, 2.45) is 0 Å². The van der Waals surface area contributed by atoms with E-state index < -0.39 is 0 Å². The molecule has 3 rings (SSSR count). The van der Waals surface area contributed by atoms with Crippen LogP contribution in [-0.4, -0.2) is 37.0 Å². The second-order valence-electron chi connectivity index (χ2n) is 6.62. The highest BCUT2D eigenvalue weighted by Crippen LogP contribution is 2.18. The Bertz CT molecular complexity index is 876. The Morgan fingerprint density at radius 2 is 1.75 bits per heavy atom. The van der Waals surface area contributed by atoms with Crippen molar-refractivity contribution in [1.82, 2.24) is 4.90 Å². The van der Waals surface area contributed by atoms with Crippen LogP contribution in [0.3, 0.4) is 0 Å². The molecule has 28 heavy (non-hydrogen) atoms. The number of rotatable bonds is 5. The number of anilines is 2. The maximum Gasteiger partial charge on any atom is 0.266 e. The highest BCUT2D eigenvalue weighted by Gasteiger charge is 2.23. The number of nitriles is 1. The Hall–Kier alpha value is -3.33. The molecule has 0 saturated carbocycles. The lowest BCUT2D eigenvalue weighted by Crippen LogP contribution is -2.49. The Labute approximate surface area is 164 Å². The first-order valence-corrected chi connectivity index (χ1v) is 9.36. The fourth-order valence-corrected chi connectivity index (χ4v) is 3.12. The lowest BCUT2D eigenvalue weighted by molar-refractivity contribution is -0.127. The lowest BCUT2D eigenvalue weighted by atomic mass is 10.1. The number of nitrogens with one attached hydrogen (secondary N) is 1. The molecule has 6 heteroatoms. The van der Waals surface area contributed by atoms with E-state index in [1.807, 2.05) is 30.3 Å². The van der Waals surface area contributed by atoms with Gasteiger partial charge in [0.15, 0.2) is 0 Å². The third-order valence-corrected chi connectivity index (χ3v) is 4.85. The van der Waals surface area contributed by atoms with Gasteiger partial charge in [-0.15, -0.1) is 0 Å². The molecular formula is C22H23FN4O. The average molecular weight is 378 g/mol. The van der Waals surface area contributed by atoms with Crippen LogP contribution in [0.2, 0.25) is 0 Å². The van der Waals surface area contributed by atoms with E-state index in [2.05, 4.69) is 17.1 Å². The normalized spacial score (nSPS) is 14.5. The third kappa shape index (κ3) is 4.68. The molecule has 5 nitrogen and oxygen atoms in total. The van der Waals surface area contributed by atoms with E-state index in [0.29, 0.717) is 26.2 Å². The molecule has 1 saturated heterocycles. The molecule has 0 bridgehead atoms. The average Bonchev–Trinajstić information content (AvgIpc) is 2.75. The summed E-state index contributed by atoms with van der Waals surface area (Å²) in [7, 11) is 0. The molecule has 1 fully saturated rings. The van der Waals surface area contributed by atoms with Gasteiger partial charge in [-0.25, -0.2) is 4.39 Å². The van der Waals surface area contributed by atoms with Gasteiger partial charge in [-0.05, 0) is 48.4 Å². The van der Waals surface area contributed by atoms with E-state index >= 15 is 0 Å². The molecule has 0 unspecified atom stereocenters. The SMILES string of the molecule is CCc1ccc(N/C=C(/C#N)C(=O)N2CCN(c3ccc(F)cc3)CC2)cc1. The Morgan fingerprint density at radius 1 is 1.11 bits per heavy atom. The van der Waals surface area contributed by atoms with Gasteiger partial charge in [-0.2, -0.15) is 5.26 Å². The van der Waals surface area contributed by atoms with E-state index in [4.69, 9.17) is 0 Å². The number of nitrogens with zero attached hydrogens (tertiary/aromatic N) is 3. The van der Waals surface area contributed by atoms with E-state index in [1.54, 1.807) is 17.0 Å². The first kappa shape index (κ1) is 19.4. The molecule has 0 radical (unpaired) electrons. The molecule has 1 N–H and O–H groups in total. The number of benzene rings is 2. The van der Waals surface area contributed by atoms with Crippen molar-refractivity contribution in [2.75, 3.05) is 36.4 Å². The number of carbonyl (C=O) groups excluding carboxylic acids is 1. The van der Waals surface area contributed by atoms with Crippen molar-refractivity contribution in [3.05, 3.63) is 71.7 Å². The maximum absolute atomic E-state index is 13.1. The Balaban J connectivity index is 1.59. The molecule has 1 aliphatic heterocycles. The summed E-state index contributed by atoms with van der Waals surface area (Å²) in [6.07, 6.45) is 2.43. The number of piperazine rings is 1. The van der Waals surface area contributed by atoms with Gasteiger partial charge in [0.2, 0.25) is 0 Å². The zero-order valence-corrected chi connectivity index (χ0v) is 15.9. The molecule has 1 aliphatic rings. The van der Waals surface area contributed by atoms with Crippen LogP contribution in [0.5, 0.6) is 0 Å². The molecule has 0 aliphatic carbocycles. The minimum absolute atomic E-state index is 0.0785. The van der Waals surface area contributed by atoms with Crippen molar-refractivity contribution in [3.8, 4) is 6.07 Å². The summed E-state index contributed by atoms with van der Waals surface area (Å²) in [5.41, 5.74) is 3.07. The van der Waals surface area contributed by atoms with Crippen LogP contribution in [0.25, 0.3) is 0 Å². The zero-order chi connectivity index (χ0) is 19.9. The van der Waals surface area contributed by atoms with Crippen LogP contribution in [0, 0.1) is 17.1 Å². The monoisotopic (exact) mass is 378 g/mol. The second kappa shape index (κ2) is 9.05. The molecule has 0 aromatic heterocycles. The molecule has 0 atom stereocenters. The Morgan fingerprint density at radius 3 is 2.32 bits per heavy atom. The summed E-state index contributed by atoms with van der Waals surface area (Å²) < 4.78 is 13.1. The first-order valence-electron chi connectivity index (χ1n) is 9.36. The summed E-state index contributed by atoms with van der Waals surface area (Å²) in [5, 5.41) is 12.4. The highest BCUT2D eigenvalue weighted by molar-refractivity contribution is 5.97. The second-order valence-corrected chi connectivity index (χ2v) is 6.62. The van der Waals surface area contributed by atoms with Crippen molar-refractivity contribution in [3.63, 3.8) is 0 Å². The number of hydrogen-bond donors (Lipinski definition) is 1. The van der Waals surface area contributed by atoms with Gasteiger partial charge in [0.05, 0.1) is 0 Å². The minimum Gasteiger partial charge on any atom is -0.368 e. The zero-order valence-electron chi connectivity index (χ0n) is 15.9. The van der Waals surface area contributed by atoms with Crippen LogP contribution < -0.4 is 10.2 Å². The fourth-order valence-electron chi connectivity index (χ4n) is 3.12. The lowest BCUT2D eigenvalue weighted by Gasteiger charge is -2.36. The van der Waals surface area contributed by atoms with Crippen LogP contribution >= 0.6 is 0 Å². The van der Waals surface area contributed by atoms with Crippen LogP contribution in [-0.2, 0) is 11.2 Å². The van der Waals surface area contributed by atoms with Crippen LogP contribution in [0.4, 0.5) is 15.8 Å². The van der Waals surface area contributed by atoms with Gasteiger partial charge in [-0.3, -0.25) is 4.79 Å². The van der Waals surface area contributed by atoms with Gasteiger partial charge in [0.1, 0.15) is 17.5 Å². The smallest absolute Gasteiger partial charge is 0.266 e. The van der Waals surface area contributed by atoms with Crippen LogP contribution in [0.1, 0.15) is 12.5 Å². The fraction of sp³-hybridized carbons (Fsp3) is 0.273. The summed E-state index contributed by atoms with van der Waals surface area (Å²) in [4.78, 5) is 16.4. The van der Waals surface area contributed by atoms with E-state index in [9.17, 15) is 14.4 Å². The Kier molecular flexibility index (Phi) is 6.28. The van der Waals surface area contributed by atoms with Gasteiger partial charge in [-0.1, -0.05) is 19.1 Å². The largest absolute Gasteiger partial charge is 0.368 e. The third-order valence-electron chi connectivity index (χ3n) is 4.85. The number of amides is 1. The summed E-state index contributed by atoms with van der Waals surface area (Å²) in [6, 6.07) is 16.2. The van der Waals surface area contributed by atoms with Crippen molar-refractivity contribution < 1.29 is 9.18 Å². The number of aryl methyl sites for hydroxylation is 1. The van der Waals surface area contributed by atoms with Crippen LogP contribution in [0.15, 0.2) is 60.3 Å². The highest BCUT2D eigenvalue weighted by atomic mass is 19.1. The first-order chi connectivity index (χ1) is 13.6. The number of halogens is 1. The molecule has 1 heterocycles. The van der Waals surface area contributed by atoms with E-state index in [-0.39, 0.29) is 17.3 Å². The minimum atomic E-state index is -0.279. The molecule has 2 aromatic carbocycles. The van der Waals surface area contributed by atoms with E-state index in [1.165, 1.54) is 23.9 Å². The predicted octanol–water partition coefficient (Wildman–Crippen LogP) is 3.56. The quantitative estimate of drug-likeness (QED) is 0.638. The summed E-state index contributed by atoms with van der Waals surface area (Å²) in [6.45, 7) is 4.40. The van der Waals surface area contributed by atoms with Crippen molar-refractivity contribution >= 4 is 17.3 Å². The topological polar surface area (TPSA) is 59.4 Å². The maximum atomic E-state index is 13.1. The predicted molar refractivity (Wildman–Crippen MR) is 108 cm³/mol. The number of hydrogen-bond acceptors (Lipinski definition) is 4. The van der Waals surface area contributed by atoms with Gasteiger partial charge in [0, 0.05) is 43.8 Å². The molecule has 2 aromatic rings. The molecule has 0 spiro atoms. The number of carbonyl (C=O) groups is 1. The molecular weight excluding hydrogens is 355 g/mol. The van der Waals surface area contributed by atoms with E-state index in [0.717, 1.165) is 17.8 Å². The van der Waals surface area contributed by atoms with Gasteiger partial charge in [0.25, 0.3) is 5.91 Å². The van der Waals surface area contributed by atoms with Crippen molar-refractivity contribution in [2.45, 2.75) is 13.3 Å². The summed E-state index contributed by atoms with van der Waals surface area (Å²) in [5.74, 6) is -0.544. The molecule has 1 amide bonds.